The molecule has 0 atom stereocenters. The van der Waals surface area contributed by atoms with Crippen molar-refractivity contribution in [2.75, 3.05) is 21.3 Å². The van der Waals surface area contributed by atoms with E-state index in [0.29, 0.717) is 6.54 Å². The smallest absolute Gasteiger partial charge is 0.254 e. The van der Waals surface area contributed by atoms with Crippen LogP contribution in [0.2, 0.25) is 0 Å². The first-order valence-corrected chi connectivity index (χ1v) is 6.77. The van der Waals surface area contributed by atoms with Gasteiger partial charge in [-0.05, 0) is 35.9 Å². The number of carbonyl (C=O) groups excluding carboxylic acids is 1. The fourth-order valence-electron chi connectivity index (χ4n) is 2.10. The molecule has 5 heteroatoms. The molecule has 4 nitrogen and oxygen atoms in total. The largest absolute Gasteiger partial charge is 0.497 e. The molecular formula is C17H18FNO3. The Morgan fingerprint density at radius 1 is 1.09 bits per heavy atom. The highest BCUT2D eigenvalue weighted by atomic mass is 19.1. The highest BCUT2D eigenvalue weighted by Crippen LogP contribution is 2.19. The molecule has 2 aromatic carbocycles. The van der Waals surface area contributed by atoms with Gasteiger partial charge in [0.2, 0.25) is 0 Å². The summed E-state index contributed by atoms with van der Waals surface area (Å²) >= 11 is 0. The van der Waals surface area contributed by atoms with Crippen LogP contribution in [-0.4, -0.2) is 32.1 Å². The fourth-order valence-corrected chi connectivity index (χ4v) is 2.10. The van der Waals surface area contributed by atoms with Crippen LogP contribution in [0.1, 0.15) is 15.9 Å². The zero-order chi connectivity index (χ0) is 16.1. The summed E-state index contributed by atoms with van der Waals surface area (Å²) in [7, 11) is 4.66. The summed E-state index contributed by atoms with van der Waals surface area (Å²) in [6.45, 7) is 0.427. The molecule has 0 saturated carbocycles. The van der Waals surface area contributed by atoms with Gasteiger partial charge in [0.1, 0.15) is 5.75 Å². The van der Waals surface area contributed by atoms with Crippen molar-refractivity contribution in [3.63, 3.8) is 0 Å². The van der Waals surface area contributed by atoms with Crippen LogP contribution in [0, 0.1) is 5.82 Å². The number of methoxy groups -OCH3 is 2. The van der Waals surface area contributed by atoms with Crippen LogP contribution in [0.25, 0.3) is 0 Å². The number of halogens is 1. The molecule has 0 unspecified atom stereocenters. The van der Waals surface area contributed by atoms with Crippen molar-refractivity contribution in [1.82, 2.24) is 4.90 Å². The zero-order valence-electron chi connectivity index (χ0n) is 12.8. The van der Waals surface area contributed by atoms with Crippen molar-refractivity contribution in [2.24, 2.45) is 0 Å². The van der Waals surface area contributed by atoms with Crippen molar-refractivity contribution >= 4 is 5.91 Å². The average Bonchev–Trinajstić information content (AvgIpc) is 2.54. The monoisotopic (exact) mass is 303 g/mol. The summed E-state index contributed by atoms with van der Waals surface area (Å²) in [5.74, 6) is 0.0767. The number of hydrogen-bond acceptors (Lipinski definition) is 3. The molecule has 22 heavy (non-hydrogen) atoms. The Balaban J connectivity index is 2.09. The Morgan fingerprint density at radius 2 is 1.77 bits per heavy atom. The van der Waals surface area contributed by atoms with Crippen molar-refractivity contribution in [2.45, 2.75) is 6.54 Å². The fraction of sp³-hybridized carbons (Fsp3) is 0.235. The number of hydrogen-bond donors (Lipinski definition) is 0. The first-order chi connectivity index (χ1) is 10.5. The van der Waals surface area contributed by atoms with Gasteiger partial charge in [-0.15, -0.1) is 0 Å². The molecule has 2 aromatic rings. The maximum atomic E-state index is 13.7. The molecule has 0 N–H and O–H groups in total. The zero-order valence-corrected chi connectivity index (χ0v) is 12.8. The normalized spacial score (nSPS) is 10.2. The first kappa shape index (κ1) is 15.8. The Labute approximate surface area is 129 Å². The van der Waals surface area contributed by atoms with Crippen molar-refractivity contribution in [3.8, 4) is 11.5 Å². The van der Waals surface area contributed by atoms with Crippen LogP contribution in [0.5, 0.6) is 11.5 Å². The Morgan fingerprint density at radius 3 is 2.32 bits per heavy atom. The van der Waals surface area contributed by atoms with Crippen LogP contribution < -0.4 is 9.47 Å². The second-order valence-electron chi connectivity index (χ2n) is 4.86. The minimum absolute atomic E-state index is 0.120. The van der Waals surface area contributed by atoms with E-state index in [9.17, 15) is 9.18 Å². The SMILES string of the molecule is COc1ccc(CN(C)C(=O)c2ccc(OC)c(F)c2)cc1. The Hall–Kier alpha value is -2.56. The third kappa shape index (κ3) is 3.55. The van der Waals surface area contributed by atoms with Gasteiger partial charge in [0.05, 0.1) is 14.2 Å². The summed E-state index contributed by atoms with van der Waals surface area (Å²) in [5.41, 5.74) is 1.25. The van der Waals surface area contributed by atoms with Gasteiger partial charge in [0.25, 0.3) is 5.91 Å². The molecule has 0 fully saturated rings. The minimum Gasteiger partial charge on any atom is -0.497 e. The number of ether oxygens (including phenoxy) is 2. The van der Waals surface area contributed by atoms with E-state index in [4.69, 9.17) is 9.47 Å². The standard InChI is InChI=1S/C17H18FNO3/c1-19(11-12-4-7-14(21-2)8-5-12)17(20)13-6-9-16(22-3)15(18)10-13/h4-10H,11H2,1-3H3. The number of carbonyl (C=O) groups is 1. The van der Waals surface area contributed by atoms with E-state index in [1.807, 2.05) is 24.3 Å². The number of amides is 1. The lowest BCUT2D eigenvalue weighted by atomic mass is 10.1. The molecular weight excluding hydrogens is 285 g/mol. The van der Waals surface area contributed by atoms with Gasteiger partial charge in [-0.3, -0.25) is 4.79 Å². The average molecular weight is 303 g/mol. The van der Waals surface area contributed by atoms with Gasteiger partial charge >= 0.3 is 0 Å². The van der Waals surface area contributed by atoms with E-state index in [1.165, 1.54) is 24.1 Å². The van der Waals surface area contributed by atoms with Crippen LogP contribution in [0.3, 0.4) is 0 Å². The molecule has 0 heterocycles. The van der Waals surface area contributed by atoms with Gasteiger partial charge in [0.15, 0.2) is 11.6 Å². The summed E-state index contributed by atoms with van der Waals surface area (Å²) in [5, 5.41) is 0. The minimum atomic E-state index is -0.550. The van der Waals surface area contributed by atoms with Crippen LogP contribution in [0.15, 0.2) is 42.5 Å². The van der Waals surface area contributed by atoms with E-state index in [-0.39, 0.29) is 17.2 Å². The van der Waals surface area contributed by atoms with E-state index in [1.54, 1.807) is 20.2 Å². The lowest BCUT2D eigenvalue weighted by molar-refractivity contribution is 0.0784. The molecule has 0 aromatic heterocycles. The number of benzene rings is 2. The molecule has 0 saturated heterocycles. The topological polar surface area (TPSA) is 38.8 Å². The van der Waals surface area contributed by atoms with Gasteiger partial charge in [-0.2, -0.15) is 0 Å². The molecule has 116 valence electrons. The van der Waals surface area contributed by atoms with Crippen LogP contribution in [0.4, 0.5) is 4.39 Å². The van der Waals surface area contributed by atoms with Gasteiger partial charge < -0.3 is 14.4 Å². The Bertz CT molecular complexity index is 655. The van der Waals surface area contributed by atoms with Crippen molar-refractivity contribution in [1.29, 1.82) is 0 Å². The van der Waals surface area contributed by atoms with Crippen molar-refractivity contribution in [3.05, 3.63) is 59.4 Å². The highest BCUT2D eigenvalue weighted by Gasteiger charge is 2.14. The summed E-state index contributed by atoms with van der Waals surface area (Å²) in [6, 6.07) is 11.6. The van der Waals surface area contributed by atoms with E-state index in [2.05, 4.69) is 0 Å². The number of rotatable bonds is 5. The summed E-state index contributed by atoms with van der Waals surface area (Å²) in [6.07, 6.45) is 0. The van der Waals surface area contributed by atoms with E-state index >= 15 is 0 Å². The lowest BCUT2D eigenvalue weighted by Crippen LogP contribution is -2.26. The summed E-state index contributed by atoms with van der Waals surface area (Å²) < 4.78 is 23.6. The number of nitrogens with zero attached hydrogens (tertiary/aromatic N) is 1. The molecule has 0 aliphatic heterocycles. The summed E-state index contributed by atoms with van der Waals surface area (Å²) in [4.78, 5) is 13.8. The second kappa shape index (κ2) is 6.93. The van der Waals surface area contributed by atoms with E-state index < -0.39 is 5.82 Å². The maximum Gasteiger partial charge on any atom is 0.254 e. The van der Waals surface area contributed by atoms with Crippen LogP contribution >= 0.6 is 0 Å². The molecule has 1 amide bonds. The van der Waals surface area contributed by atoms with Gasteiger partial charge in [-0.1, -0.05) is 12.1 Å². The molecule has 0 spiro atoms. The second-order valence-corrected chi connectivity index (χ2v) is 4.86. The lowest BCUT2D eigenvalue weighted by Gasteiger charge is -2.18. The predicted octanol–water partition coefficient (Wildman–Crippen LogP) is 3.12. The molecule has 0 aliphatic carbocycles. The Kier molecular flexibility index (Phi) is 4.99. The molecule has 2 rings (SSSR count). The highest BCUT2D eigenvalue weighted by molar-refractivity contribution is 5.94. The third-order valence-electron chi connectivity index (χ3n) is 3.32. The van der Waals surface area contributed by atoms with Gasteiger partial charge in [0, 0.05) is 19.2 Å². The van der Waals surface area contributed by atoms with E-state index in [0.717, 1.165) is 11.3 Å². The molecule has 0 aliphatic rings. The quantitative estimate of drug-likeness (QED) is 0.852. The van der Waals surface area contributed by atoms with Gasteiger partial charge in [-0.25, -0.2) is 4.39 Å². The third-order valence-corrected chi connectivity index (χ3v) is 3.32. The maximum absolute atomic E-state index is 13.7. The predicted molar refractivity (Wildman–Crippen MR) is 81.7 cm³/mol. The van der Waals surface area contributed by atoms with Crippen LogP contribution in [-0.2, 0) is 6.54 Å². The van der Waals surface area contributed by atoms with Crippen molar-refractivity contribution < 1.29 is 18.7 Å². The molecule has 0 bridgehead atoms. The first-order valence-electron chi connectivity index (χ1n) is 6.77. The molecule has 0 radical (unpaired) electrons.